The van der Waals surface area contributed by atoms with Gasteiger partial charge in [-0.15, -0.1) is 0 Å². The number of carbonyl (C=O) groups excluding carboxylic acids is 2. The zero-order valence-corrected chi connectivity index (χ0v) is 23.2. The average Bonchev–Trinajstić information content (AvgIpc) is 2.87. The molecule has 200 valence electrons. The van der Waals surface area contributed by atoms with Crippen molar-refractivity contribution in [2.45, 2.75) is 70.2 Å². The van der Waals surface area contributed by atoms with Crippen LogP contribution in [0.15, 0.2) is 96.6 Å². The minimum atomic E-state index is -1.82. The monoisotopic (exact) mass is 514 g/mol. The summed E-state index contributed by atoms with van der Waals surface area (Å²) in [4.78, 5) is 26.8. The van der Waals surface area contributed by atoms with E-state index in [1.54, 1.807) is 20.8 Å². The van der Waals surface area contributed by atoms with Gasteiger partial charge in [0.1, 0.15) is 11.5 Å². The average molecular weight is 515 g/mol. The minimum absolute atomic E-state index is 0.00674. The van der Waals surface area contributed by atoms with Crippen LogP contribution in [0.2, 0.25) is 0 Å². The second kappa shape index (κ2) is 11.5. The van der Waals surface area contributed by atoms with Gasteiger partial charge in [-0.3, -0.25) is 0 Å². The third-order valence-corrected chi connectivity index (χ3v) is 6.23. The Morgan fingerprint density at radius 3 is 1.39 bits per heavy atom. The van der Waals surface area contributed by atoms with E-state index in [1.165, 1.54) is 0 Å². The summed E-state index contributed by atoms with van der Waals surface area (Å²) in [6.07, 6.45) is -0.238. The first kappa shape index (κ1) is 29.1. The molecule has 0 aromatic heterocycles. The highest BCUT2D eigenvalue weighted by molar-refractivity contribution is 5.87. The Morgan fingerprint density at radius 1 is 0.711 bits per heavy atom. The Labute approximate surface area is 226 Å². The first-order valence-corrected chi connectivity index (χ1v) is 12.8. The maximum absolute atomic E-state index is 14.7. The van der Waals surface area contributed by atoms with Crippen molar-refractivity contribution in [3.63, 3.8) is 0 Å². The van der Waals surface area contributed by atoms with Crippen molar-refractivity contribution >= 4 is 11.9 Å². The number of carbonyl (C=O) groups is 1. The standard InChI is InChI=1S/C33H38O5/c1-30(2,3)37-29(36)32(38-31(4,5)6,22-25(23-34)24-35)33(26-16-10-7-11-17-26,27-18-12-8-13-19-27)28-20-14-9-15-21-28/h7-21,34H,22-23H2,1-6H3. The number of hydrogen-bond acceptors (Lipinski definition) is 5. The Kier molecular flexibility index (Phi) is 8.79. The van der Waals surface area contributed by atoms with Crippen LogP contribution in [0, 0.1) is 0 Å². The zero-order valence-electron chi connectivity index (χ0n) is 23.2. The van der Waals surface area contributed by atoms with E-state index in [0.29, 0.717) is 0 Å². The predicted molar refractivity (Wildman–Crippen MR) is 150 cm³/mol. The number of esters is 1. The summed E-state index contributed by atoms with van der Waals surface area (Å²) in [5.74, 6) is 1.22. The number of aliphatic hydroxyl groups is 1. The molecule has 0 saturated heterocycles. The Morgan fingerprint density at radius 2 is 1.11 bits per heavy atom. The molecule has 0 aliphatic heterocycles. The van der Waals surface area contributed by atoms with Crippen molar-refractivity contribution in [3.05, 3.63) is 113 Å². The maximum atomic E-state index is 14.7. The largest absolute Gasteiger partial charge is 0.458 e. The number of aliphatic hydroxyl groups excluding tert-OH is 1. The van der Waals surface area contributed by atoms with Crippen molar-refractivity contribution in [3.8, 4) is 0 Å². The van der Waals surface area contributed by atoms with Gasteiger partial charge in [0, 0.05) is 12.0 Å². The molecular weight excluding hydrogens is 476 g/mol. The molecule has 3 rings (SSSR count). The molecule has 1 unspecified atom stereocenters. The van der Waals surface area contributed by atoms with Crippen LogP contribution in [-0.4, -0.2) is 40.4 Å². The van der Waals surface area contributed by atoms with E-state index >= 15 is 0 Å². The normalized spacial score (nSPS) is 13.8. The van der Waals surface area contributed by atoms with Crippen LogP contribution in [0.5, 0.6) is 0 Å². The lowest BCUT2D eigenvalue weighted by Gasteiger charge is -2.52. The molecule has 3 aromatic rings. The highest BCUT2D eigenvalue weighted by atomic mass is 16.6. The van der Waals surface area contributed by atoms with E-state index in [4.69, 9.17) is 9.47 Å². The number of rotatable bonds is 9. The molecule has 3 aromatic carbocycles. The van der Waals surface area contributed by atoms with Crippen molar-refractivity contribution in [1.29, 1.82) is 0 Å². The molecular formula is C33H38O5. The van der Waals surface area contributed by atoms with Gasteiger partial charge in [-0.1, -0.05) is 91.0 Å². The van der Waals surface area contributed by atoms with Gasteiger partial charge in [0.25, 0.3) is 0 Å². The Hall–Kier alpha value is -3.50. The number of benzene rings is 3. The first-order valence-electron chi connectivity index (χ1n) is 12.8. The quantitative estimate of drug-likeness (QED) is 0.214. The van der Waals surface area contributed by atoms with E-state index in [9.17, 15) is 14.7 Å². The molecule has 0 spiro atoms. The van der Waals surface area contributed by atoms with E-state index in [2.05, 4.69) is 0 Å². The third-order valence-electron chi connectivity index (χ3n) is 6.23. The fourth-order valence-electron chi connectivity index (χ4n) is 5.08. The van der Waals surface area contributed by atoms with Crippen LogP contribution in [0.1, 0.15) is 64.7 Å². The van der Waals surface area contributed by atoms with E-state index in [0.717, 1.165) is 16.7 Å². The zero-order chi connectivity index (χ0) is 28.0. The summed E-state index contributed by atoms with van der Waals surface area (Å²) < 4.78 is 13.0. The van der Waals surface area contributed by atoms with Crippen LogP contribution in [-0.2, 0) is 24.5 Å². The van der Waals surface area contributed by atoms with E-state index in [1.807, 2.05) is 118 Å². The SMILES string of the molecule is CC(C)(C)OC(=O)C(CC(=C=O)CO)(OC(C)(C)C)C(c1ccccc1)(c1ccccc1)c1ccccc1. The van der Waals surface area contributed by atoms with Gasteiger partial charge in [-0.05, 0) is 58.2 Å². The number of ether oxygens (including phenoxy) is 2. The second-order valence-electron chi connectivity index (χ2n) is 11.4. The fraction of sp³-hybridized carbons (Fsp3) is 0.364. The van der Waals surface area contributed by atoms with Crippen LogP contribution in [0.25, 0.3) is 0 Å². The van der Waals surface area contributed by atoms with Gasteiger partial charge >= 0.3 is 5.97 Å². The summed E-state index contributed by atoms with van der Waals surface area (Å²) in [5, 5.41) is 10.2. The van der Waals surface area contributed by atoms with Gasteiger partial charge in [0.2, 0.25) is 0 Å². The van der Waals surface area contributed by atoms with E-state index < -0.39 is 34.8 Å². The van der Waals surface area contributed by atoms with Gasteiger partial charge in [0.15, 0.2) is 5.60 Å². The van der Waals surface area contributed by atoms with Gasteiger partial charge in [-0.25, -0.2) is 9.59 Å². The summed E-state index contributed by atoms with van der Waals surface area (Å²) in [5.41, 5.74) is -2.50. The molecule has 0 heterocycles. The molecule has 1 N–H and O–H groups in total. The van der Waals surface area contributed by atoms with Crippen LogP contribution >= 0.6 is 0 Å². The molecule has 0 fully saturated rings. The van der Waals surface area contributed by atoms with Crippen LogP contribution in [0.4, 0.5) is 0 Å². The third kappa shape index (κ3) is 5.97. The molecule has 5 nitrogen and oxygen atoms in total. The van der Waals surface area contributed by atoms with Crippen LogP contribution < -0.4 is 0 Å². The molecule has 0 radical (unpaired) electrons. The smallest absolute Gasteiger partial charge is 0.340 e. The topological polar surface area (TPSA) is 72.8 Å². The summed E-state index contributed by atoms with van der Waals surface area (Å²) in [7, 11) is 0. The number of hydrogen-bond donors (Lipinski definition) is 1. The molecule has 0 aliphatic carbocycles. The molecule has 0 bridgehead atoms. The summed E-state index contributed by atoms with van der Waals surface area (Å²) >= 11 is 0. The Bertz CT molecular complexity index is 1150. The molecule has 1 atom stereocenters. The first-order chi connectivity index (χ1) is 17.9. The Balaban J connectivity index is 2.65. The molecule has 0 saturated carbocycles. The van der Waals surface area contributed by atoms with Gasteiger partial charge in [0.05, 0.1) is 17.6 Å². The minimum Gasteiger partial charge on any atom is -0.458 e. The fourth-order valence-corrected chi connectivity index (χ4v) is 5.08. The van der Waals surface area contributed by atoms with E-state index in [-0.39, 0.29) is 12.0 Å². The highest BCUT2D eigenvalue weighted by Gasteiger charge is 2.63. The lowest BCUT2D eigenvalue weighted by atomic mass is 9.57. The summed E-state index contributed by atoms with van der Waals surface area (Å²) in [6.45, 7) is 10.4. The molecule has 0 amide bonds. The molecule has 5 heteroatoms. The lowest BCUT2D eigenvalue weighted by molar-refractivity contribution is -0.210. The predicted octanol–water partition coefficient (Wildman–Crippen LogP) is 6.06. The second-order valence-corrected chi connectivity index (χ2v) is 11.4. The highest BCUT2D eigenvalue weighted by Crippen LogP contribution is 2.53. The van der Waals surface area contributed by atoms with Crippen LogP contribution in [0.3, 0.4) is 0 Å². The summed E-state index contributed by atoms with van der Waals surface area (Å²) in [6, 6.07) is 28.9. The van der Waals surface area contributed by atoms with Gasteiger partial charge in [-0.2, -0.15) is 0 Å². The molecule has 38 heavy (non-hydrogen) atoms. The molecule has 0 aliphatic rings. The van der Waals surface area contributed by atoms with Crippen molar-refractivity contribution in [2.75, 3.05) is 6.61 Å². The lowest BCUT2D eigenvalue weighted by Crippen LogP contribution is -2.64. The van der Waals surface area contributed by atoms with Crippen molar-refractivity contribution in [1.82, 2.24) is 0 Å². The van der Waals surface area contributed by atoms with Crippen molar-refractivity contribution < 1.29 is 24.2 Å². The van der Waals surface area contributed by atoms with Crippen molar-refractivity contribution in [2.24, 2.45) is 0 Å². The van der Waals surface area contributed by atoms with Gasteiger partial charge < -0.3 is 14.6 Å². The maximum Gasteiger partial charge on any atom is 0.340 e.